The molecule has 1 aromatic rings. The van der Waals surface area contributed by atoms with E-state index in [1.165, 1.54) is 31.4 Å². The lowest BCUT2D eigenvalue weighted by molar-refractivity contribution is -0.164. The number of hydrogen-bond donors (Lipinski definition) is 1. The van der Waals surface area contributed by atoms with Gasteiger partial charge in [-0.25, -0.2) is 0 Å². The molecule has 1 amide bonds. The minimum Gasteiger partial charge on any atom is -0.497 e. The van der Waals surface area contributed by atoms with Crippen molar-refractivity contribution < 1.29 is 27.4 Å². The highest BCUT2D eigenvalue weighted by Gasteiger charge is 2.42. The number of ether oxygens (including phenoxy) is 2. The number of carbonyl (C=O) groups excluding carboxylic acids is 1. The van der Waals surface area contributed by atoms with E-state index in [-0.39, 0.29) is 18.1 Å². The second kappa shape index (κ2) is 7.68. The molecule has 1 aliphatic heterocycles. The molecule has 1 fully saturated rings. The van der Waals surface area contributed by atoms with E-state index in [2.05, 4.69) is 5.32 Å². The lowest BCUT2D eigenvalue weighted by Gasteiger charge is -2.25. The molecular formula is C16H20F3NO3. The van der Waals surface area contributed by atoms with Gasteiger partial charge in [-0.2, -0.15) is 13.2 Å². The molecule has 0 aromatic heterocycles. The monoisotopic (exact) mass is 331 g/mol. The van der Waals surface area contributed by atoms with Gasteiger partial charge < -0.3 is 14.8 Å². The molecule has 1 aromatic carbocycles. The van der Waals surface area contributed by atoms with Gasteiger partial charge in [0.2, 0.25) is 5.91 Å². The zero-order valence-corrected chi connectivity index (χ0v) is 12.9. The first kappa shape index (κ1) is 17.6. The SMILES string of the molecule is COc1ccc([C@@H](NC(=O)C[C@@H]2CCCCO2)C(F)(F)F)cc1. The summed E-state index contributed by atoms with van der Waals surface area (Å²) in [5.74, 6) is -0.202. The summed E-state index contributed by atoms with van der Waals surface area (Å²) >= 11 is 0. The van der Waals surface area contributed by atoms with E-state index in [1.807, 2.05) is 0 Å². The zero-order chi connectivity index (χ0) is 16.9. The zero-order valence-electron chi connectivity index (χ0n) is 12.9. The van der Waals surface area contributed by atoms with Gasteiger partial charge in [-0.1, -0.05) is 12.1 Å². The molecule has 0 unspecified atom stereocenters. The van der Waals surface area contributed by atoms with Crippen LogP contribution in [-0.4, -0.2) is 31.9 Å². The van der Waals surface area contributed by atoms with Gasteiger partial charge in [-0.15, -0.1) is 0 Å². The highest BCUT2D eigenvalue weighted by molar-refractivity contribution is 5.77. The minimum absolute atomic E-state index is 0.0313. The minimum atomic E-state index is -4.57. The van der Waals surface area contributed by atoms with E-state index < -0.39 is 18.1 Å². The van der Waals surface area contributed by atoms with Crippen LogP contribution in [0, 0.1) is 0 Å². The summed E-state index contributed by atoms with van der Waals surface area (Å²) in [6, 6.07) is 3.43. The predicted molar refractivity (Wildman–Crippen MR) is 78.1 cm³/mol. The Morgan fingerprint density at radius 1 is 1.35 bits per heavy atom. The third-order valence-electron chi connectivity index (χ3n) is 3.77. The fraction of sp³-hybridized carbons (Fsp3) is 0.562. The normalized spacial score (nSPS) is 19.9. The largest absolute Gasteiger partial charge is 0.497 e. The summed E-state index contributed by atoms with van der Waals surface area (Å²) in [5, 5.41) is 2.07. The van der Waals surface area contributed by atoms with E-state index in [9.17, 15) is 18.0 Å². The quantitative estimate of drug-likeness (QED) is 0.900. The Balaban J connectivity index is 2.04. The molecule has 23 heavy (non-hydrogen) atoms. The lowest BCUT2D eigenvalue weighted by atomic mass is 10.0. The van der Waals surface area contributed by atoms with Crippen molar-refractivity contribution in [3.63, 3.8) is 0 Å². The van der Waals surface area contributed by atoms with Crippen LogP contribution in [0.3, 0.4) is 0 Å². The third-order valence-corrected chi connectivity index (χ3v) is 3.77. The van der Waals surface area contributed by atoms with Crippen LogP contribution in [-0.2, 0) is 9.53 Å². The van der Waals surface area contributed by atoms with Crippen molar-refractivity contribution in [2.45, 2.75) is 44.0 Å². The molecule has 1 aliphatic rings. The molecule has 1 heterocycles. The Labute approximate surface area is 133 Å². The number of alkyl halides is 3. The topological polar surface area (TPSA) is 47.6 Å². The summed E-state index contributed by atoms with van der Waals surface area (Å²) in [6.07, 6.45) is -2.37. The van der Waals surface area contributed by atoms with Gasteiger partial charge in [0.05, 0.1) is 19.6 Å². The van der Waals surface area contributed by atoms with Crippen LogP contribution < -0.4 is 10.1 Å². The molecule has 4 nitrogen and oxygen atoms in total. The van der Waals surface area contributed by atoms with Gasteiger partial charge in [0.25, 0.3) is 0 Å². The Kier molecular flexibility index (Phi) is 5.87. The first-order valence-corrected chi connectivity index (χ1v) is 7.52. The van der Waals surface area contributed by atoms with Crippen LogP contribution in [0.5, 0.6) is 5.75 Å². The molecule has 2 rings (SSSR count). The van der Waals surface area contributed by atoms with Gasteiger partial charge in [-0.05, 0) is 37.0 Å². The van der Waals surface area contributed by atoms with E-state index >= 15 is 0 Å². The van der Waals surface area contributed by atoms with Crippen molar-refractivity contribution in [2.75, 3.05) is 13.7 Å². The number of rotatable bonds is 5. The van der Waals surface area contributed by atoms with E-state index in [0.29, 0.717) is 18.8 Å². The second-order valence-electron chi connectivity index (χ2n) is 5.51. The second-order valence-corrected chi connectivity index (χ2v) is 5.51. The van der Waals surface area contributed by atoms with Crippen LogP contribution in [0.4, 0.5) is 13.2 Å². The van der Waals surface area contributed by atoms with Crippen molar-refractivity contribution in [1.29, 1.82) is 0 Å². The average molecular weight is 331 g/mol. The van der Waals surface area contributed by atoms with Crippen molar-refractivity contribution >= 4 is 5.91 Å². The number of hydrogen-bond acceptors (Lipinski definition) is 3. The summed E-state index contributed by atoms with van der Waals surface area (Å²) in [7, 11) is 1.43. The fourth-order valence-corrected chi connectivity index (χ4v) is 2.55. The molecule has 0 aliphatic carbocycles. The molecule has 0 radical (unpaired) electrons. The molecule has 1 N–H and O–H groups in total. The maximum absolute atomic E-state index is 13.2. The predicted octanol–water partition coefficient (Wildman–Crippen LogP) is 3.37. The van der Waals surface area contributed by atoms with Gasteiger partial charge in [-0.3, -0.25) is 4.79 Å². The van der Waals surface area contributed by atoms with E-state index in [1.54, 1.807) is 0 Å². The molecule has 1 saturated heterocycles. The fourth-order valence-electron chi connectivity index (χ4n) is 2.55. The van der Waals surface area contributed by atoms with Crippen LogP contribution in [0.2, 0.25) is 0 Å². The number of halogens is 3. The Morgan fingerprint density at radius 3 is 2.57 bits per heavy atom. The van der Waals surface area contributed by atoms with Crippen molar-refractivity contribution in [1.82, 2.24) is 5.32 Å². The van der Waals surface area contributed by atoms with Crippen molar-refractivity contribution in [3.8, 4) is 5.75 Å². The van der Waals surface area contributed by atoms with Crippen molar-refractivity contribution in [2.24, 2.45) is 0 Å². The Bertz CT molecular complexity index is 510. The highest BCUT2D eigenvalue weighted by Crippen LogP contribution is 2.33. The van der Waals surface area contributed by atoms with Crippen molar-refractivity contribution in [3.05, 3.63) is 29.8 Å². The summed E-state index contributed by atoms with van der Waals surface area (Å²) in [5.41, 5.74) is -0.0313. The molecule has 0 spiro atoms. The molecule has 128 valence electrons. The van der Waals surface area contributed by atoms with Crippen LogP contribution >= 0.6 is 0 Å². The first-order valence-electron chi connectivity index (χ1n) is 7.52. The Hall–Kier alpha value is -1.76. The number of methoxy groups -OCH3 is 1. The van der Waals surface area contributed by atoms with Crippen LogP contribution in [0.15, 0.2) is 24.3 Å². The number of benzene rings is 1. The van der Waals surface area contributed by atoms with Gasteiger partial charge >= 0.3 is 6.18 Å². The summed E-state index contributed by atoms with van der Waals surface area (Å²) in [4.78, 5) is 11.9. The lowest BCUT2D eigenvalue weighted by Crippen LogP contribution is -2.40. The van der Waals surface area contributed by atoms with E-state index in [4.69, 9.17) is 9.47 Å². The first-order chi connectivity index (χ1) is 10.9. The maximum atomic E-state index is 13.2. The third kappa shape index (κ3) is 5.13. The summed E-state index contributed by atoms with van der Waals surface area (Å²) < 4.78 is 50.1. The smallest absolute Gasteiger partial charge is 0.412 e. The number of amides is 1. The summed E-state index contributed by atoms with van der Waals surface area (Å²) in [6.45, 7) is 0.555. The van der Waals surface area contributed by atoms with Crippen LogP contribution in [0.1, 0.15) is 37.3 Å². The maximum Gasteiger partial charge on any atom is 0.412 e. The number of carbonyl (C=O) groups is 1. The van der Waals surface area contributed by atoms with E-state index in [0.717, 1.165) is 12.8 Å². The molecule has 7 heteroatoms. The molecule has 0 bridgehead atoms. The highest BCUT2D eigenvalue weighted by atomic mass is 19.4. The van der Waals surface area contributed by atoms with Gasteiger partial charge in [0.1, 0.15) is 5.75 Å². The number of nitrogens with one attached hydrogen (secondary N) is 1. The molecule has 2 atom stereocenters. The van der Waals surface area contributed by atoms with Gasteiger partial charge in [0, 0.05) is 6.61 Å². The average Bonchev–Trinajstić information content (AvgIpc) is 2.53. The molecular weight excluding hydrogens is 311 g/mol. The molecule has 0 saturated carbocycles. The standard InChI is InChI=1S/C16H20F3NO3/c1-22-12-7-5-11(6-8-12)15(16(17,18)19)20-14(21)10-13-4-2-3-9-23-13/h5-8,13,15H,2-4,9-10H2,1H3,(H,20,21)/t13-,15+/m0/s1. The Morgan fingerprint density at radius 2 is 2.04 bits per heavy atom. The van der Waals surface area contributed by atoms with Crippen LogP contribution in [0.25, 0.3) is 0 Å². The van der Waals surface area contributed by atoms with Gasteiger partial charge in [0.15, 0.2) is 6.04 Å².